The normalized spacial score (nSPS) is 20.8. The van der Waals surface area contributed by atoms with Gasteiger partial charge in [-0.3, -0.25) is 4.79 Å². The van der Waals surface area contributed by atoms with E-state index in [1.165, 1.54) is 0 Å². The number of methoxy groups -OCH3 is 1. The van der Waals surface area contributed by atoms with Crippen LogP contribution in [-0.2, 0) is 20.7 Å². The van der Waals surface area contributed by atoms with Crippen molar-refractivity contribution in [2.24, 2.45) is 0 Å². The van der Waals surface area contributed by atoms with Crippen LogP contribution < -0.4 is 10.1 Å². The minimum atomic E-state index is -0.108. The van der Waals surface area contributed by atoms with Gasteiger partial charge in [0.25, 0.3) is 0 Å². The number of carbonyl (C=O) groups is 1. The third-order valence-electron chi connectivity index (χ3n) is 4.05. The van der Waals surface area contributed by atoms with Crippen LogP contribution in [0.15, 0.2) is 24.3 Å². The Labute approximate surface area is 144 Å². The number of ether oxygens (including phenoxy) is 3. The monoisotopic (exact) mass is 336 g/mol. The predicted molar refractivity (Wildman–Crippen MR) is 92.4 cm³/mol. The van der Waals surface area contributed by atoms with E-state index in [-0.39, 0.29) is 24.5 Å². The molecule has 1 N–H and O–H groups in total. The number of nitrogens with one attached hydrogen (secondary N) is 1. The van der Waals surface area contributed by atoms with Crippen molar-refractivity contribution in [3.05, 3.63) is 29.8 Å². The Morgan fingerprint density at radius 1 is 1.38 bits per heavy atom. The molecule has 0 aliphatic carbocycles. The highest BCUT2D eigenvalue weighted by atomic mass is 16.5. The largest absolute Gasteiger partial charge is 0.496 e. The lowest BCUT2D eigenvalue weighted by Crippen LogP contribution is -2.51. The minimum absolute atomic E-state index is 0.000295. The van der Waals surface area contributed by atoms with Crippen LogP contribution in [0.1, 0.15) is 12.0 Å². The van der Waals surface area contributed by atoms with Crippen LogP contribution in [0, 0.1) is 0 Å². The molecule has 0 unspecified atom stereocenters. The van der Waals surface area contributed by atoms with Crippen molar-refractivity contribution in [1.29, 1.82) is 0 Å². The Morgan fingerprint density at radius 2 is 2.17 bits per heavy atom. The molecule has 1 aliphatic rings. The summed E-state index contributed by atoms with van der Waals surface area (Å²) < 4.78 is 16.7. The zero-order valence-electron chi connectivity index (χ0n) is 14.8. The van der Waals surface area contributed by atoms with Gasteiger partial charge in [-0.2, -0.15) is 0 Å². The molecule has 0 saturated carbocycles. The highest BCUT2D eigenvalue weighted by molar-refractivity contribution is 5.79. The zero-order chi connectivity index (χ0) is 17.4. The number of amides is 1. The van der Waals surface area contributed by atoms with Crippen LogP contribution in [-0.4, -0.2) is 70.5 Å². The van der Waals surface area contributed by atoms with Gasteiger partial charge in [0, 0.05) is 18.7 Å². The van der Waals surface area contributed by atoms with Crippen molar-refractivity contribution in [2.75, 3.05) is 47.6 Å². The molecule has 1 amide bonds. The Bertz CT molecular complexity index is 521. The van der Waals surface area contributed by atoms with E-state index in [4.69, 9.17) is 14.2 Å². The Hall–Kier alpha value is -1.63. The lowest BCUT2D eigenvalue weighted by molar-refractivity contribution is -0.125. The van der Waals surface area contributed by atoms with Crippen LogP contribution in [0.4, 0.5) is 0 Å². The summed E-state index contributed by atoms with van der Waals surface area (Å²) in [4.78, 5) is 14.5. The van der Waals surface area contributed by atoms with Crippen molar-refractivity contribution in [3.8, 4) is 5.75 Å². The van der Waals surface area contributed by atoms with Crippen molar-refractivity contribution in [3.63, 3.8) is 0 Å². The molecule has 6 heteroatoms. The summed E-state index contributed by atoms with van der Waals surface area (Å²) in [6.07, 6.45) is 1.08. The molecule has 1 aliphatic heterocycles. The third-order valence-corrected chi connectivity index (χ3v) is 4.05. The Kier molecular flexibility index (Phi) is 7.49. The second kappa shape index (κ2) is 9.61. The molecule has 24 heavy (non-hydrogen) atoms. The van der Waals surface area contributed by atoms with E-state index in [1.807, 2.05) is 38.4 Å². The number of hydrogen-bond donors (Lipinski definition) is 1. The molecule has 1 saturated heterocycles. The van der Waals surface area contributed by atoms with Crippen molar-refractivity contribution in [2.45, 2.75) is 25.0 Å². The standard InChI is InChI=1S/C18H28N2O4/c1-20(2)9-11-24-17-8-10-23-13-15(17)19-18(21)12-14-6-4-5-7-16(14)22-3/h4-7,15,17H,8-13H2,1-3H3,(H,19,21)/t15-,17+/m1/s1. The molecule has 2 rings (SSSR count). The molecule has 1 aromatic rings. The Morgan fingerprint density at radius 3 is 2.92 bits per heavy atom. The first-order valence-electron chi connectivity index (χ1n) is 8.35. The average Bonchev–Trinajstić information content (AvgIpc) is 2.56. The highest BCUT2D eigenvalue weighted by Gasteiger charge is 2.28. The van der Waals surface area contributed by atoms with Crippen LogP contribution in [0.2, 0.25) is 0 Å². The highest BCUT2D eigenvalue weighted by Crippen LogP contribution is 2.18. The Balaban J connectivity index is 1.88. The zero-order valence-corrected chi connectivity index (χ0v) is 14.8. The van der Waals surface area contributed by atoms with Gasteiger partial charge >= 0.3 is 0 Å². The van der Waals surface area contributed by atoms with E-state index in [1.54, 1.807) is 7.11 Å². The first-order valence-corrected chi connectivity index (χ1v) is 8.35. The summed E-state index contributed by atoms with van der Waals surface area (Å²) >= 11 is 0. The summed E-state index contributed by atoms with van der Waals surface area (Å²) in [6, 6.07) is 7.45. The van der Waals surface area contributed by atoms with E-state index in [9.17, 15) is 4.79 Å². The smallest absolute Gasteiger partial charge is 0.224 e. The fourth-order valence-corrected chi connectivity index (χ4v) is 2.72. The third kappa shape index (κ3) is 5.78. The predicted octanol–water partition coefficient (Wildman–Crippen LogP) is 1.09. The molecule has 2 atom stereocenters. The maximum Gasteiger partial charge on any atom is 0.224 e. The minimum Gasteiger partial charge on any atom is -0.496 e. The number of carbonyl (C=O) groups excluding carboxylic acids is 1. The summed E-state index contributed by atoms with van der Waals surface area (Å²) in [5.41, 5.74) is 0.874. The number of rotatable bonds is 8. The molecular weight excluding hydrogens is 308 g/mol. The molecular formula is C18H28N2O4. The molecule has 1 heterocycles. The lowest BCUT2D eigenvalue weighted by Gasteiger charge is -2.32. The van der Waals surface area contributed by atoms with E-state index >= 15 is 0 Å². The molecule has 0 radical (unpaired) electrons. The molecule has 0 bridgehead atoms. The maximum atomic E-state index is 12.4. The second-order valence-electron chi connectivity index (χ2n) is 6.24. The van der Waals surface area contributed by atoms with Gasteiger partial charge in [-0.05, 0) is 26.6 Å². The number of likely N-dealkylation sites (N-methyl/N-ethyl adjacent to an activating group) is 1. The van der Waals surface area contributed by atoms with Gasteiger partial charge in [0.1, 0.15) is 5.75 Å². The number of para-hydroxylation sites is 1. The molecule has 1 fully saturated rings. The summed E-state index contributed by atoms with van der Waals surface area (Å²) in [5, 5.41) is 3.05. The summed E-state index contributed by atoms with van der Waals surface area (Å²) in [6.45, 7) is 2.67. The van der Waals surface area contributed by atoms with Crippen LogP contribution in [0.25, 0.3) is 0 Å². The quantitative estimate of drug-likeness (QED) is 0.770. The summed E-state index contributed by atoms with van der Waals surface area (Å²) in [7, 11) is 5.64. The van der Waals surface area contributed by atoms with Crippen molar-refractivity contribution >= 4 is 5.91 Å². The van der Waals surface area contributed by atoms with Gasteiger partial charge in [-0.15, -0.1) is 0 Å². The van der Waals surface area contributed by atoms with Crippen LogP contribution in [0.3, 0.4) is 0 Å². The van der Waals surface area contributed by atoms with Crippen LogP contribution >= 0.6 is 0 Å². The van der Waals surface area contributed by atoms with Gasteiger partial charge in [-0.25, -0.2) is 0 Å². The fourth-order valence-electron chi connectivity index (χ4n) is 2.72. The average molecular weight is 336 g/mol. The maximum absolute atomic E-state index is 12.4. The summed E-state index contributed by atoms with van der Waals surface area (Å²) in [5.74, 6) is 0.683. The van der Waals surface area contributed by atoms with Crippen molar-refractivity contribution in [1.82, 2.24) is 10.2 Å². The van der Waals surface area contributed by atoms with Crippen molar-refractivity contribution < 1.29 is 19.0 Å². The first kappa shape index (κ1) is 18.7. The molecule has 134 valence electrons. The lowest BCUT2D eigenvalue weighted by atomic mass is 10.1. The van der Waals surface area contributed by atoms with Gasteiger partial charge in [0.05, 0.1) is 38.9 Å². The number of nitrogens with zero attached hydrogens (tertiary/aromatic N) is 1. The second-order valence-corrected chi connectivity index (χ2v) is 6.24. The SMILES string of the molecule is COc1ccccc1CC(=O)N[C@@H]1COCC[C@@H]1OCCN(C)C. The fraction of sp³-hybridized carbons (Fsp3) is 0.611. The van der Waals surface area contributed by atoms with Gasteiger partial charge in [0.15, 0.2) is 0 Å². The van der Waals surface area contributed by atoms with E-state index in [0.29, 0.717) is 19.8 Å². The topological polar surface area (TPSA) is 60.0 Å². The van der Waals surface area contributed by atoms with E-state index in [0.717, 1.165) is 24.3 Å². The molecule has 1 aromatic carbocycles. The van der Waals surface area contributed by atoms with E-state index < -0.39 is 0 Å². The number of benzene rings is 1. The molecule has 0 aromatic heterocycles. The van der Waals surface area contributed by atoms with Gasteiger partial charge in [-0.1, -0.05) is 18.2 Å². The molecule has 6 nitrogen and oxygen atoms in total. The van der Waals surface area contributed by atoms with Gasteiger partial charge in [0.2, 0.25) is 5.91 Å². The first-order chi connectivity index (χ1) is 11.6. The van der Waals surface area contributed by atoms with Gasteiger partial charge < -0.3 is 24.4 Å². The van der Waals surface area contributed by atoms with Crippen LogP contribution in [0.5, 0.6) is 5.75 Å². The van der Waals surface area contributed by atoms with E-state index in [2.05, 4.69) is 10.2 Å². The number of hydrogen-bond acceptors (Lipinski definition) is 5. The molecule has 0 spiro atoms.